The van der Waals surface area contributed by atoms with Crippen molar-refractivity contribution in [1.29, 1.82) is 0 Å². The van der Waals surface area contributed by atoms with Gasteiger partial charge in [-0.2, -0.15) is 0 Å². The molecule has 1 rings (SSSR count). The summed E-state index contributed by atoms with van der Waals surface area (Å²) in [7, 11) is 0. The van der Waals surface area contributed by atoms with Gasteiger partial charge >= 0.3 is 5.97 Å². The summed E-state index contributed by atoms with van der Waals surface area (Å²) in [6, 6.07) is 1.35. The van der Waals surface area contributed by atoms with Crippen molar-refractivity contribution in [3.8, 4) is 0 Å². The van der Waals surface area contributed by atoms with Crippen LogP contribution < -0.4 is 10.6 Å². The summed E-state index contributed by atoms with van der Waals surface area (Å²) in [5, 5.41) is 6.18. The number of hydrogen-bond acceptors (Lipinski definition) is 6. The first-order valence-electron chi connectivity index (χ1n) is 6.65. The van der Waals surface area contributed by atoms with Gasteiger partial charge in [0.2, 0.25) is 0 Å². The molecule has 1 unspecified atom stereocenters. The Labute approximate surface area is 114 Å². The Morgan fingerprint density at radius 2 is 2.00 bits per heavy atom. The van der Waals surface area contributed by atoms with E-state index in [0.717, 1.165) is 24.6 Å². The quantitative estimate of drug-likeness (QED) is 0.733. The van der Waals surface area contributed by atoms with Crippen LogP contribution in [0.2, 0.25) is 0 Å². The highest BCUT2D eigenvalue weighted by atomic mass is 16.5. The summed E-state index contributed by atoms with van der Waals surface area (Å²) in [4.78, 5) is 20.3. The van der Waals surface area contributed by atoms with Crippen LogP contribution in [-0.2, 0) is 16.0 Å². The van der Waals surface area contributed by atoms with Crippen LogP contribution in [-0.4, -0.2) is 35.1 Å². The number of carbonyl (C=O) groups excluding carboxylic acids is 1. The van der Waals surface area contributed by atoms with Crippen molar-refractivity contribution in [2.75, 3.05) is 23.8 Å². The van der Waals surface area contributed by atoms with E-state index in [-0.39, 0.29) is 5.97 Å². The van der Waals surface area contributed by atoms with Crippen LogP contribution in [0.25, 0.3) is 0 Å². The molecule has 0 bridgehead atoms. The minimum Gasteiger partial charge on any atom is -0.464 e. The highest BCUT2D eigenvalue weighted by molar-refractivity contribution is 5.78. The molecule has 0 saturated carbocycles. The van der Waals surface area contributed by atoms with Crippen molar-refractivity contribution < 1.29 is 9.53 Å². The van der Waals surface area contributed by atoms with Gasteiger partial charge in [0.1, 0.15) is 23.5 Å². The van der Waals surface area contributed by atoms with E-state index in [1.54, 1.807) is 19.9 Å². The van der Waals surface area contributed by atoms with E-state index in [0.29, 0.717) is 12.4 Å². The first kappa shape index (κ1) is 15.2. The summed E-state index contributed by atoms with van der Waals surface area (Å²) in [5.41, 5.74) is 0. The van der Waals surface area contributed by atoms with Gasteiger partial charge in [-0.05, 0) is 20.8 Å². The third-order valence-electron chi connectivity index (χ3n) is 2.45. The van der Waals surface area contributed by atoms with E-state index in [9.17, 15) is 4.79 Å². The molecule has 1 aromatic rings. The summed E-state index contributed by atoms with van der Waals surface area (Å²) in [6.07, 6.45) is 0.738. The number of anilines is 2. The molecule has 0 spiro atoms. The normalized spacial score (nSPS) is 11.8. The molecule has 0 radical (unpaired) electrons. The van der Waals surface area contributed by atoms with E-state index in [1.165, 1.54) is 0 Å². The molecule has 1 heterocycles. The largest absolute Gasteiger partial charge is 0.464 e. The van der Waals surface area contributed by atoms with Crippen molar-refractivity contribution in [1.82, 2.24) is 9.97 Å². The zero-order valence-electron chi connectivity index (χ0n) is 12.0. The van der Waals surface area contributed by atoms with Gasteiger partial charge in [-0.15, -0.1) is 0 Å². The molecule has 0 amide bonds. The molecule has 106 valence electrons. The Bertz CT molecular complexity index is 423. The average molecular weight is 266 g/mol. The first-order valence-corrected chi connectivity index (χ1v) is 6.65. The third kappa shape index (κ3) is 4.73. The number of hydrogen-bond donors (Lipinski definition) is 2. The van der Waals surface area contributed by atoms with Crippen molar-refractivity contribution in [2.24, 2.45) is 0 Å². The molecular weight excluding hydrogens is 244 g/mol. The van der Waals surface area contributed by atoms with Crippen molar-refractivity contribution in [3.05, 3.63) is 11.9 Å². The molecule has 19 heavy (non-hydrogen) atoms. The number of nitrogens with one attached hydrogen (secondary N) is 2. The molecule has 0 aliphatic heterocycles. The maximum atomic E-state index is 11.6. The highest BCUT2D eigenvalue weighted by Gasteiger charge is 2.14. The predicted octanol–water partition coefficient (Wildman–Crippen LogP) is 1.83. The summed E-state index contributed by atoms with van der Waals surface area (Å²) < 4.78 is 4.95. The minimum atomic E-state index is -0.436. The van der Waals surface area contributed by atoms with Gasteiger partial charge in [-0.3, -0.25) is 0 Å². The molecule has 2 N–H and O–H groups in total. The first-order chi connectivity index (χ1) is 9.10. The van der Waals surface area contributed by atoms with Crippen molar-refractivity contribution in [3.63, 3.8) is 0 Å². The van der Waals surface area contributed by atoms with Crippen LogP contribution in [0.4, 0.5) is 11.6 Å². The second kappa shape index (κ2) is 7.56. The Morgan fingerprint density at radius 1 is 1.32 bits per heavy atom. The van der Waals surface area contributed by atoms with Gasteiger partial charge in [0.15, 0.2) is 0 Å². The van der Waals surface area contributed by atoms with Crippen molar-refractivity contribution in [2.45, 2.75) is 40.2 Å². The Morgan fingerprint density at radius 3 is 2.58 bits per heavy atom. The van der Waals surface area contributed by atoms with E-state index in [1.807, 2.05) is 13.8 Å². The topological polar surface area (TPSA) is 76.1 Å². The lowest BCUT2D eigenvalue weighted by Gasteiger charge is -2.14. The van der Waals surface area contributed by atoms with Crippen LogP contribution in [0, 0.1) is 0 Å². The smallest absolute Gasteiger partial charge is 0.328 e. The van der Waals surface area contributed by atoms with Gasteiger partial charge in [0.05, 0.1) is 6.61 Å². The van der Waals surface area contributed by atoms with Crippen molar-refractivity contribution >= 4 is 17.6 Å². The fourth-order valence-corrected chi connectivity index (χ4v) is 1.55. The lowest BCUT2D eigenvalue weighted by atomic mass is 10.3. The monoisotopic (exact) mass is 266 g/mol. The molecule has 0 aromatic carbocycles. The van der Waals surface area contributed by atoms with Gasteiger partial charge < -0.3 is 15.4 Å². The molecular formula is C13H22N4O2. The van der Waals surface area contributed by atoms with E-state index >= 15 is 0 Å². The third-order valence-corrected chi connectivity index (χ3v) is 2.45. The lowest BCUT2D eigenvalue weighted by Crippen LogP contribution is -2.28. The molecule has 1 atom stereocenters. The number of nitrogens with zero attached hydrogens (tertiary/aromatic N) is 2. The maximum absolute atomic E-state index is 11.6. The molecule has 6 nitrogen and oxygen atoms in total. The lowest BCUT2D eigenvalue weighted by molar-refractivity contribution is -0.143. The summed E-state index contributed by atoms with van der Waals surface area (Å²) in [5.74, 6) is 1.83. The molecule has 1 aromatic heterocycles. The molecule has 0 aliphatic carbocycles. The van der Waals surface area contributed by atoms with Crippen LogP contribution >= 0.6 is 0 Å². The Balaban J connectivity index is 2.81. The Kier molecular flexibility index (Phi) is 6.05. The maximum Gasteiger partial charge on any atom is 0.328 e. The van der Waals surface area contributed by atoms with Gasteiger partial charge in [0.25, 0.3) is 0 Å². The fraction of sp³-hybridized carbons (Fsp3) is 0.615. The minimum absolute atomic E-state index is 0.288. The molecule has 0 fully saturated rings. The number of carbonyl (C=O) groups is 1. The van der Waals surface area contributed by atoms with Crippen LogP contribution in [0.15, 0.2) is 6.07 Å². The zero-order valence-corrected chi connectivity index (χ0v) is 12.0. The van der Waals surface area contributed by atoms with E-state index in [4.69, 9.17) is 4.74 Å². The van der Waals surface area contributed by atoms with E-state index < -0.39 is 6.04 Å². The van der Waals surface area contributed by atoms with Gasteiger partial charge in [-0.1, -0.05) is 6.92 Å². The number of esters is 1. The highest BCUT2D eigenvalue weighted by Crippen LogP contribution is 2.13. The number of ether oxygens (including phenoxy) is 1. The molecule has 6 heteroatoms. The second-order valence-corrected chi connectivity index (χ2v) is 4.06. The SMILES string of the molecule is CCNc1cc(NC(C)C(=O)OCC)nc(CC)n1. The number of aryl methyl sites for hydroxylation is 1. The fourth-order valence-electron chi connectivity index (χ4n) is 1.55. The van der Waals surface area contributed by atoms with Crippen LogP contribution in [0.3, 0.4) is 0 Å². The average Bonchev–Trinajstić information content (AvgIpc) is 2.39. The molecule has 0 saturated heterocycles. The second-order valence-electron chi connectivity index (χ2n) is 4.06. The molecule has 0 aliphatic rings. The summed E-state index contributed by atoms with van der Waals surface area (Å²) in [6.45, 7) is 8.68. The van der Waals surface area contributed by atoms with Crippen LogP contribution in [0.1, 0.15) is 33.5 Å². The standard InChI is InChI=1S/C13H22N4O2/c1-5-10-16-11(14-6-2)8-12(17-10)15-9(4)13(18)19-7-3/h8-9H,5-7H2,1-4H3,(H2,14,15,16,17). The number of aromatic nitrogens is 2. The van der Waals surface area contributed by atoms with Crippen LogP contribution in [0.5, 0.6) is 0 Å². The summed E-state index contributed by atoms with van der Waals surface area (Å²) >= 11 is 0. The van der Waals surface area contributed by atoms with E-state index in [2.05, 4.69) is 20.6 Å². The zero-order chi connectivity index (χ0) is 14.3. The predicted molar refractivity (Wildman–Crippen MR) is 75.3 cm³/mol. The number of rotatable bonds is 7. The van der Waals surface area contributed by atoms with Gasteiger partial charge in [-0.25, -0.2) is 14.8 Å². The van der Waals surface area contributed by atoms with Gasteiger partial charge in [0, 0.05) is 19.0 Å². The Hall–Kier alpha value is -1.85.